The number of amides is 3. The smallest absolute Gasteiger partial charge is 0.329 e. The maximum atomic E-state index is 14.7. The number of likely N-dealkylation sites (tertiary alicyclic amines) is 1. The van der Waals surface area contributed by atoms with Gasteiger partial charge >= 0.3 is 6.03 Å². The van der Waals surface area contributed by atoms with E-state index in [2.05, 4.69) is 52.1 Å². The van der Waals surface area contributed by atoms with Gasteiger partial charge in [-0.1, -0.05) is 50.6 Å². The molecule has 1 spiro atoms. The number of methoxy groups -OCH3 is 2. The highest BCUT2D eigenvalue weighted by Crippen LogP contribution is 2.45. The Hall–Kier alpha value is -3.16. The Bertz CT molecular complexity index is 1810. The maximum absolute atomic E-state index is 14.7. The maximum Gasteiger partial charge on any atom is 0.329 e. The van der Waals surface area contributed by atoms with E-state index < -0.39 is 21.9 Å². The van der Waals surface area contributed by atoms with Crippen molar-refractivity contribution >= 4 is 39.1 Å². The van der Waals surface area contributed by atoms with Crippen LogP contribution < -0.4 is 14.4 Å². The molecule has 1 fully saturated rings. The van der Waals surface area contributed by atoms with Gasteiger partial charge in [0.25, 0.3) is 5.91 Å². The summed E-state index contributed by atoms with van der Waals surface area (Å²) in [4.78, 5) is 31.7. The Balaban J connectivity index is 1.34. The molecule has 1 N–H and O–H groups in total. The average molecular weight is 785 g/mol. The van der Waals surface area contributed by atoms with Gasteiger partial charge in [0, 0.05) is 56.4 Å². The van der Waals surface area contributed by atoms with Gasteiger partial charge in [-0.15, -0.1) is 4.36 Å². The van der Waals surface area contributed by atoms with Gasteiger partial charge in [0.05, 0.1) is 43.5 Å². The third-order valence-electron chi connectivity index (χ3n) is 11.7. The number of carbonyl (C=O) groups is 2. The number of carbonyl (C=O) groups excluding carboxylic acids is 2. The van der Waals surface area contributed by atoms with Gasteiger partial charge in [0.1, 0.15) is 15.7 Å². The number of benzene rings is 2. The zero-order valence-electron chi connectivity index (χ0n) is 32.4. The number of allylic oxidation sites excluding steroid dienone is 1. The van der Waals surface area contributed by atoms with Crippen LogP contribution in [0.3, 0.4) is 0 Å². The van der Waals surface area contributed by atoms with E-state index in [-0.39, 0.29) is 41.1 Å². The fourth-order valence-corrected chi connectivity index (χ4v) is 10.5. The second-order valence-corrected chi connectivity index (χ2v) is 18.2. The SMILES string of the molecule is COCCOC1CCN(C(=O)N[S@@]2(=O)=NC(=O)c3ccc4c(c3)N(C[C@H](C)[C@@H](C)[C@@H](OC)/C=C/C[C@H](C)C2)C[C@@]2(CCCc3cc(Cl)ccc32)CO4)CC1. The van der Waals surface area contributed by atoms with Crippen molar-refractivity contribution in [2.75, 3.05) is 70.9 Å². The van der Waals surface area contributed by atoms with Gasteiger partial charge in [0.15, 0.2) is 0 Å². The van der Waals surface area contributed by atoms with Crippen molar-refractivity contribution in [2.45, 2.75) is 76.9 Å². The zero-order valence-corrected chi connectivity index (χ0v) is 34.0. The van der Waals surface area contributed by atoms with Gasteiger partial charge in [-0.25, -0.2) is 9.00 Å². The minimum atomic E-state index is -3.52. The Morgan fingerprint density at radius 2 is 1.91 bits per heavy atom. The molecule has 6 atom stereocenters. The van der Waals surface area contributed by atoms with E-state index >= 15 is 0 Å². The molecule has 3 aliphatic heterocycles. The van der Waals surface area contributed by atoms with E-state index in [1.54, 1.807) is 25.2 Å². The van der Waals surface area contributed by atoms with Crippen LogP contribution >= 0.6 is 11.6 Å². The van der Waals surface area contributed by atoms with Crippen LogP contribution in [0, 0.1) is 17.8 Å². The number of halogens is 1. The number of nitrogens with one attached hydrogen (secondary N) is 1. The highest BCUT2D eigenvalue weighted by Gasteiger charge is 2.42. The first-order valence-electron chi connectivity index (χ1n) is 19.4. The predicted octanol–water partition coefficient (Wildman–Crippen LogP) is 7.06. The van der Waals surface area contributed by atoms with E-state index in [4.69, 9.17) is 30.5 Å². The number of rotatable bonds is 6. The number of hydrogen-bond donors (Lipinski definition) is 1. The highest BCUT2D eigenvalue weighted by atomic mass is 35.5. The van der Waals surface area contributed by atoms with Crippen molar-refractivity contribution in [1.82, 2.24) is 9.62 Å². The number of piperidine rings is 1. The first-order chi connectivity index (χ1) is 25.9. The molecule has 0 aromatic heterocycles. The summed E-state index contributed by atoms with van der Waals surface area (Å²) in [6.45, 7) is 10.2. The number of urea groups is 1. The monoisotopic (exact) mass is 784 g/mol. The average Bonchev–Trinajstić information content (AvgIpc) is 3.29. The molecule has 1 aliphatic carbocycles. The minimum absolute atomic E-state index is 0.0150. The fraction of sp³-hybridized carbons (Fsp3) is 0.610. The zero-order chi connectivity index (χ0) is 38.5. The molecule has 11 nitrogen and oxygen atoms in total. The molecule has 0 unspecified atom stereocenters. The first-order valence-corrected chi connectivity index (χ1v) is 21.5. The van der Waals surface area contributed by atoms with E-state index in [9.17, 15) is 13.8 Å². The van der Waals surface area contributed by atoms with Gasteiger partial charge < -0.3 is 28.7 Å². The molecule has 296 valence electrons. The molecule has 4 aliphatic rings. The number of ether oxygens (including phenoxy) is 4. The standard InChI is InChI=1S/C41H57ClN4O7S/c1-28-8-6-10-37(51-5)30(3)29(2)24-46-26-41(17-7-9-31-22-33(42)12-13-35(31)41)27-53-38-14-11-32(23-36(38)46)39(47)43-54(49,25-28)44-40(48)45-18-15-34(16-19-45)52-21-20-50-4/h6,10-14,22-23,28-30,34,37H,7-9,15-21,24-27H2,1-5H3,(H,43,44,47,48,49)/b10-6+/t28-,29-,30+,37-,41-,54-/m0/s1. The highest BCUT2D eigenvalue weighted by molar-refractivity contribution is 7.92. The van der Waals surface area contributed by atoms with E-state index in [1.165, 1.54) is 11.1 Å². The summed E-state index contributed by atoms with van der Waals surface area (Å²) in [5.74, 6) is 0.284. The van der Waals surface area contributed by atoms with Crippen molar-refractivity contribution in [3.8, 4) is 5.75 Å². The Labute approximate surface area is 326 Å². The first kappa shape index (κ1) is 40.5. The topological polar surface area (TPSA) is 119 Å². The molecule has 0 saturated carbocycles. The van der Waals surface area contributed by atoms with Gasteiger partial charge in [0.2, 0.25) is 0 Å². The van der Waals surface area contributed by atoms with Crippen molar-refractivity contribution < 1.29 is 32.7 Å². The Morgan fingerprint density at radius 1 is 1.11 bits per heavy atom. The number of anilines is 1. The van der Waals surface area contributed by atoms with Crippen LogP contribution in [0.4, 0.5) is 10.5 Å². The van der Waals surface area contributed by atoms with Crippen molar-refractivity contribution in [2.24, 2.45) is 22.1 Å². The summed E-state index contributed by atoms with van der Waals surface area (Å²) in [5, 5.41) is 0.733. The van der Waals surface area contributed by atoms with E-state index in [0.29, 0.717) is 76.6 Å². The molecule has 0 radical (unpaired) electrons. The lowest BCUT2D eigenvalue weighted by Gasteiger charge is -2.42. The molecule has 2 aromatic rings. The third kappa shape index (κ3) is 9.44. The molecule has 3 amide bonds. The number of nitrogens with zero attached hydrogens (tertiary/aromatic N) is 3. The summed E-state index contributed by atoms with van der Waals surface area (Å²) in [7, 11) is -0.147. The van der Waals surface area contributed by atoms with Gasteiger partial charge in [-0.3, -0.25) is 9.52 Å². The molecule has 1 saturated heterocycles. The van der Waals surface area contributed by atoms with Crippen molar-refractivity contribution in [3.63, 3.8) is 0 Å². The number of hydrogen-bond acceptors (Lipinski definition) is 8. The van der Waals surface area contributed by atoms with Crippen LogP contribution in [0.1, 0.15) is 74.4 Å². The predicted molar refractivity (Wildman–Crippen MR) is 213 cm³/mol. The lowest BCUT2D eigenvalue weighted by atomic mass is 9.70. The summed E-state index contributed by atoms with van der Waals surface area (Å²) < 4.78 is 45.3. The quantitative estimate of drug-likeness (QED) is 0.245. The second-order valence-electron chi connectivity index (χ2n) is 15.8. The molecule has 3 heterocycles. The van der Waals surface area contributed by atoms with Crippen molar-refractivity contribution in [1.29, 1.82) is 0 Å². The van der Waals surface area contributed by atoms with Crippen LogP contribution in [-0.2, 0) is 36.0 Å². The Morgan fingerprint density at radius 3 is 2.67 bits per heavy atom. The molecule has 2 aromatic carbocycles. The van der Waals surface area contributed by atoms with Crippen LogP contribution in [0.2, 0.25) is 5.02 Å². The van der Waals surface area contributed by atoms with Gasteiger partial charge in [-0.05, 0) is 97.7 Å². The fourth-order valence-electron chi connectivity index (χ4n) is 8.46. The lowest BCUT2D eigenvalue weighted by Crippen LogP contribution is -2.48. The van der Waals surface area contributed by atoms with Crippen molar-refractivity contribution in [3.05, 3.63) is 70.3 Å². The number of aryl methyl sites for hydroxylation is 1. The van der Waals surface area contributed by atoms with Crippen LogP contribution in [0.15, 0.2) is 52.9 Å². The summed E-state index contributed by atoms with van der Waals surface area (Å²) in [6, 6.07) is 11.1. The number of fused-ring (bicyclic) bond motifs is 3. The van der Waals surface area contributed by atoms with Crippen LogP contribution in [-0.4, -0.2) is 99.2 Å². The second kappa shape index (κ2) is 17.7. The normalized spacial score (nSPS) is 30.1. The summed E-state index contributed by atoms with van der Waals surface area (Å²) in [5.41, 5.74) is 3.32. The minimum Gasteiger partial charge on any atom is -0.490 e. The molecule has 54 heavy (non-hydrogen) atoms. The summed E-state index contributed by atoms with van der Waals surface area (Å²) in [6.07, 6.45) is 8.87. The van der Waals surface area contributed by atoms with E-state index in [1.807, 2.05) is 25.1 Å². The van der Waals surface area contributed by atoms with E-state index in [0.717, 1.165) is 30.0 Å². The molecule has 13 heteroatoms. The lowest BCUT2D eigenvalue weighted by molar-refractivity contribution is -0.00891. The molecule has 2 bridgehead atoms. The van der Waals surface area contributed by atoms with Crippen LogP contribution in [0.5, 0.6) is 5.75 Å². The molecular formula is C41H57ClN4O7S. The van der Waals surface area contributed by atoms with Crippen LogP contribution in [0.25, 0.3) is 0 Å². The largest absolute Gasteiger partial charge is 0.490 e. The summed E-state index contributed by atoms with van der Waals surface area (Å²) >= 11 is 6.46. The van der Waals surface area contributed by atoms with Gasteiger partial charge in [-0.2, -0.15) is 0 Å². The third-order valence-corrected chi connectivity index (χ3v) is 13.9. The molecular weight excluding hydrogens is 728 g/mol. The Kier molecular flexibility index (Phi) is 13.3. The molecule has 6 rings (SSSR count).